The zero-order valence-electron chi connectivity index (χ0n) is 6.11. The van der Waals surface area contributed by atoms with Crippen LogP contribution in [0, 0.1) is 0 Å². The Morgan fingerprint density at radius 1 is 1.50 bits per heavy atom. The van der Waals surface area contributed by atoms with Crippen LogP contribution in [0.1, 0.15) is 13.8 Å². The third-order valence-electron chi connectivity index (χ3n) is 1.83. The number of rotatable bonds is 0. The molecular weight excluding hydrogens is 134 g/mol. The lowest BCUT2D eigenvalue weighted by molar-refractivity contribution is -0.0607. The fourth-order valence-electron chi connectivity index (χ4n) is 1.14. The molecule has 1 saturated heterocycles. The molecular formula is C6H13NO3. The Bertz CT molecular complexity index is 137. The molecule has 0 spiro atoms. The van der Waals surface area contributed by atoms with Gasteiger partial charge in [0.05, 0.1) is 6.10 Å². The molecule has 1 rings (SSSR count). The van der Waals surface area contributed by atoms with Crippen molar-refractivity contribution in [3.05, 3.63) is 0 Å². The first-order valence-electron chi connectivity index (χ1n) is 3.28. The highest BCUT2D eigenvalue weighted by Crippen LogP contribution is 2.25. The molecule has 1 fully saturated rings. The van der Waals surface area contributed by atoms with Gasteiger partial charge in [0.25, 0.3) is 0 Å². The maximum Gasteiger partial charge on any atom is 0.143 e. The van der Waals surface area contributed by atoms with Crippen LogP contribution in [0.25, 0.3) is 0 Å². The van der Waals surface area contributed by atoms with Crippen LogP contribution in [-0.4, -0.2) is 34.2 Å². The molecule has 0 aliphatic carbocycles. The van der Waals surface area contributed by atoms with Gasteiger partial charge in [0.1, 0.15) is 17.9 Å². The summed E-state index contributed by atoms with van der Waals surface area (Å²) < 4.78 is 5.05. The average molecular weight is 147 g/mol. The van der Waals surface area contributed by atoms with Gasteiger partial charge in [0, 0.05) is 0 Å². The molecule has 1 aliphatic heterocycles. The number of hydrogen-bond acceptors (Lipinski definition) is 4. The molecule has 1 aliphatic rings. The van der Waals surface area contributed by atoms with Crippen molar-refractivity contribution in [1.82, 2.24) is 0 Å². The van der Waals surface area contributed by atoms with Gasteiger partial charge in [0.2, 0.25) is 0 Å². The molecule has 0 bridgehead atoms. The van der Waals surface area contributed by atoms with Gasteiger partial charge in [-0.3, -0.25) is 0 Å². The predicted octanol–water partition coefficient (Wildman–Crippen LogP) is -1.20. The van der Waals surface area contributed by atoms with E-state index in [1.165, 1.54) is 0 Å². The highest BCUT2D eigenvalue weighted by molar-refractivity contribution is 4.93. The molecule has 4 N–H and O–H groups in total. The van der Waals surface area contributed by atoms with Crippen LogP contribution in [-0.2, 0) is 4.74 Å². The fraction of sp³-hybridized carbons (Fsp3) is 1.00. The van der Waals surface area contributed by atoms with Crippen molar-refractivity contribution in [1.29, 1.82) is 0 Å². The second-order valence-electron chi connectivity index (χ2n) is 2.94. The fourth-order valence-corrected chi connectivity index (χ4v) is 1.14. The second-order valence-corrected chi connectivity index (χ2v) is 2.94. The van der Waals surface area contributed by atoms with Crippen LogP contribution in [0.2, 0.25) is 0 Å². The Balaban J connectivity index is 2.71. The van der Waals surface area contributed by atoms with Gasteiger partial charge in [-0.25, -0.2) is 0 Å². The van der Waals surface area contributed by atoms with Crippen molar-refractivity contribution < 1.29 is 14.9 Å². The molecule has 1 heterocycles. The smallest absolute Gasteiger partial charge is 0.143 e. The van der Waals surface area contributed by atoms with Crippen LogP contribution in [0.4, 0.5) is 0 Å². The molecule has 10 heavy (non-hydrogen) atoms. The number of aliphatic hydroxyl groups excluding tert-OH is 2. The van der Waals surface area contributed by atoms with Gasteiger partial charge in [-0.2, -0.15) is 0 Å². The minimum absolute atomic E-state index is 0.384. The average Bonchev–Trinajstić information content (AvgIpc) is 1.95. The molecule has 4 unspecified atom stereocenters. The van der Waals surface area contributed by atoms with E-state index in [9.17, 15) is 5.11 Å². The summed E-state index contributed by atoms with van der Waals surface area (Å²) in [4.78, 5) is 0. The van der Waals surface area contributed by atoms with Crippen LogP contribution in [0.3, 0.4) is 0 Å². The van der Waals surface area contributed by atoms with Gasteiger partial charge in [0.15, 0.2) is 0 Å². The summed E-state index contributed by atoms with van der Waals surface area (Å²) in [6, 6.07) is 0. The van der Waals surface area contributed by atoms with E-state index in [2.05, 4.69) is 0 Å². The van der Waals surface area contributed by atoms with Crippen molar-refractivity contribution in [2.45, 2.75) is 37.9 Å². The Labute approximate surface area is 59.6 Å². The zero-order chi connectivity index (χ0) is 7.94. The first-order valence-corrected chi connectivity index (χ1v) is 3.28. The van der Waals surface area contributed by atoms with E-state index in [-0.39, 0.29) is 6.10 Å². The molecule has 0 saturated carbocycles. The van der Waals surface area contributed by atoms with Gasteiger partial charge >= 0.3 is 0 Å². The Morgan fingerprint density at radius 2 is 2.00 bits per heavy atom. The standard InChI is InChI=1S/C6H13NO3/c1-3-4(8)5(9)6(2,7)10-3/h3-5,8-9H,7H2,1-2H3. The van der Waals surface area contributed by atoms with Crippen molar-refractivity contribution in [3.8, 4) is 0 Å². The minimum Gasteiger partial charge on any atom is -0.388 e. The lowest BCUT2D eigenvalue weighted by atomic mass is 10.1. The van der Waals surface area contributed by atoms with Gasteiger partial charge < -0.3 is 20.7 Å². The van der Waals surface area contributed by atoms with E-state index in [1.54, 1.807) is 13.8 Å². The summed E-state index contributed by atoms with van der Waals surface area (Å²) in [6.45, 7) is 3.22. The van der Waals surface area contributed by atoms with E-state index >= 15 is 0 Å². The van der Waals surface area contributed by atoms with Crippen molar-refractivity contribution in [2.24, 2.45) is 5.73 Å². The lowest BCUT2D eigenvalue weighted by Gasteiger charge is -2.21. The van der Waals surface area contributed by atoms with E-state index in [4.69, 9.17) is 15.6 Å². The van der Waals surface area contributed by atoms with Crippen LogP contribution >= 0.6 is 0 Å². The van der Waals surface area contributed by atoms with Crippen molar-refractivity contribution in [3.63, 3.8) is 0 Å². The second kappa shape index (κ2) is 2.17. The Kier molecular flexibility index (Phi) is 1.72. The van der Waals surface area contributed by atoms with Gasteiger partial charge in [-0.15, -0.1) is 0 Å². The van der Waals surface area contributed by atoms with E-state index < -0.39 is 17.9 Å². The molecule has 4 heteroatoms. The summed E-state index contributed by atoms with van der Waals surface area (Å²) in [6.07, 6.45) is -2.23. The Morgan fingerprint density at radius 3 is 2.10 bits per heavy atom. The summed E-state index contributed by atoms with van der Waals surface area (Å²) in [5.74, 6) is 0. The number of ether oxygens (including phenoxy) is 1. The van der Waals surface area contributed by atoms with E-state index in [0.717, 1.165) is 0 Å². The summed E-state index contributed by atoms with van der Waals surface area (Å²) >= 11 is 0. The van der Waals surface area contributed by atoms with E-state index in [0.29, 0.717) is 0 Å². The molecule has 0 aromatic carbocycles. The highest BCUT2D eigenvalue weighted by Gasteiger charge is 2.46. The molecule has 0 aromatic heterocycles. The third-order valence-corrected chi connectivity index (χ3v) is 1.83. The van der Waals surface area contributed by atoms with Crippen LogP contribution < -0.4 is 5.73 Å². The number of aliphatic hydroxyl groups is 2. The molecule has 60 valence electrons. The first-order chi connectivity index (χ1) is 4.45. The normalized spacial score (nSPS) is 55.5. The maximum atomic E-state index is 9.20. The molecule has 4 nitrogen and oxygen atoms in total. The third kappa shape index (κ3) is 1.03. The summed E-state index contributed by atoms with van der Waals surface area (Å²) in [5.41, 5.74) is 4.37. The molecule has 0 amide bonds. The van der Waals surface area contributed by atoms with Crippen LogP contribution in [0.15, 0.2) is 0 Å². The highest BCUT2D eigenvalue weighted by atomic mass is 16.6. The first kappa shape index (κ1) is 7.94. The van der Waals surface area contributed by atoms with Crippen LogP contribution in [0.5, 0.6) is 0 Å². The molecule has 4 atom stereocenters. The molecule has 0 radical (unpaired) electrons. The van der Waals surface area contributed by atoms with Gasteiger partial charge in [-0.05, 0) is 13.8 Å². The van der Waals surface area contributed by atoms with E-state index in [1.807, 2.05) is 0 Å². The topological polar surface area (TPSA) is 75.7 Å². The lowest BCUT2D eigenvalue weighted by Crippen LogP contribution is -2.48. The van der Waals surface area contributed by atoms with Gasteiger partial charge in [-0.1, -0.05) is 0 Å². The predicted molar refractivity (Wildman–Crippen MR) is 35.2 cm³/mol. The largest absolute Gasteiger partial charge is 0.388 e. The number of nitrogens with two attached hydrogens (primary N) is 1. The zero-order valence-corrected chi connectivity index (χ0v) is 6.11. The summed E-state index contributed by atoms with van der Waals surface area (Å²) in [7, 11) is 0. The maximum absolute atomic E-state index is 9.20. The summed E-state index contributed by atoms with van der Waals surface area (Å²) in [5, 5.41) is 18.3. The Hall–Kier alpha value is -0.160. The van der Waals surface area contributed by atoms with Crippen molar-refractivity contribution in [2.75, 3.05) is 0 Å². The monoisotopic (exact) mass is 147 g/mol. The van der Waals surface area contributed by atoms with Crippen molar-refractivity contribution >= 4 is 0 Å². The minimum atomic E-state index is -1.10. The SMILES string of the molecule is CC1OC(C)(N)C(O)C1O. The quantitative estimate of drug-likeness (QED) is 0.402. The number of hydrogen-bond donors (Lipinski definition) is 3. The molecule has 0 aromatic rings.